The minimum Gasteiger partial charge on any atom is -0.483 e. The van der Waals surface area contributed by atoms with Crippen molar-refractivity contribution in [1.82, 2.24) is 19.7 Å². The lowest BCUT2D eigenvalue weighted by Crippen LogP contribution is -2.25. The van der Waals surface area contributed by atoms with E-state index in [1.807, 2.05) is 42.6 Å². The van der Waals surface area contributed by atoms with E-state index in [2.05, 4.69) is 50.1 Å². The van der Waals surface area contributed by atoms with Crippen molar-refractivity contribution in [2.24, 2.45) is 0 Å². The van der Waals surface area contributed by atoms with Gasteiger partial charge in [0.2, 0.25) is 16.2 Å². The van der Waals surface area contributed by atoms with Gasteiger partial charge in [0, 0.05) is 36.5 Å². The van der Waals surface area contributed by atoms with Crippen molar-refractivity contribution in [3.8, 4) is 5.75 Å². The molecular formula is C27H29N5O2S2. The average molecular weight is 520 g/mol. The highest BCUT2D eigenvalue weighted by Gasteiger charge is 2.31. The molecule has 9 heteroatoms. The Morgan fingerprint density at radius 3 is 2.39 bits per heavy atom. The molecule has 4 aromatic rings. The summed E-state index contributed by atoms with van der Waals surface area (Å²) in [5.74, 6) is 2.01. The van der Waals surface area contributed by atoms with Crippen molar-refractivity contribution in [3.05, 3.63) is 83.6 Å². The molecule has 2 heterocycles. The summed E-state index contributed by atoms with van der Waals surface area (Å²) < 4.78 is 10.0. The van der Waals surface area contributed by atoms with Gasteiger partial charge in [0.05, 0.1) is 0 Å². The van der Waals surface area contributed by atoms with Crippen molar-refractivity contribution in [1.29, 1.82) is 0 Å². The van der Waals surface area contributed by atoms with Gasteiger partial charge in [0.25, 0.3) is 0 Å². The van der Waals surface area contributed by atoms with Gasteiger partial charge in [-0.15, -0.1) is 21.5 Å². The number of anilines is 1. The van der Waals surface area contributed by atoms with Gasteiger partial charge in [-0.3, -0.25) is 9.36 Å². The number of para-hydroxylation sites is 1. The second-order valence-electron chi connectivity index (χ2n) is 8.92. The summed E-state index contributed by atoms with van der Waals surface area (Å²) in [5.41, 5.74) is 1.40. The number of rotatable bonds is 8. The summed E-state index contributed by atoms with van der Waals surface area (Å²) in [4.78, 5) is 16.8. The lowest BCUT2D eigenvalue weighted by molar-refractivity contribution is -0.115. The van der Waals surface area contributed by atoms with Crippen LogP contribution in [-0.2, 0) is 4.79 Å². The SMILES string of the molecule is CC(=O)N(Sc1nnc(C(C)Oc2ccccc2)n1C1CCC(c2ccccc2)CC1)c1nccs1. The molecule has 7 nitrogen and oxygen atoms in total. The van der Waals surface area contributed by atoms with Gasteiger partial charge in [-0.2, -0.15) is 0 Å². The van der Waals surface area contributed by atoms with Crippen molar-refractivity contribution >= 4 is 34.3 Å². The molecule has 0 radical (unpaired) electrons. The van der Waals surface area contributed by atoms with E-state index >= 15 is 0 Å². The van der Waals surface area contributed by atoms with Gasteiger partial charge in [-0.1, -0.05) is 48.5 Å². The minimum absolute atomic E-state index is 0.104. The molecule has 1 unspecified atom stereocenters. The molecule has 5 rings (SSSR count). The Kier molecular flexibility index (Phi) is 7.67. The van der Waals surface area contributed by atoms with E-state index in [0.29, 0.717) is 16.2 Å². The molecule has 0 spiro atoms. The topological polar surface area (TPSA) is 73.1 Å². The Morgan fingerprint density at radius 1 is 1.06 bits per heavy atom. The Labute approximate surface area is 219 Å². The van der Waals surface area contributed by atoms with Crippen LogP contribution in [0.15, 0.2) is 77.4 Å². The first kappa shape index (κ1) is 24.5. The van der Waals surface area contributed by atoms with Crippen LogP contribution in [0.2, 0.25) is 0 Å². The number of amides is 1. The van der Waals surface area contributed by atoms with Crippen LogP contribution in [0.1, 0.15) is 69.0 Å². The van der Waals surface area contributed by atoms with Gasteiger partial charge >= 0.3 is 0 Å². The molecule has 1 atom stereocenters. The fourth-order valence-corrected chi connectivity index (χ4v) is 6.41. The van der Waals surface area contributed by atoms with Gasteiger partial charge < -0.3 is 4.74 Å². The molecule has 1 aliphatic rings. The van der Waals surface area contributed by atoms with E-state index in [1.165, 1.54) is 28.8 Å². The summed E-state index contributed by atoms with van der Waals surface area (Å²) in [6, 6.07) is 20.7. The van der Waals surface area contributed by atoms with Crippen LogP contribution >= 0.6 is 23.3 Å². The van der Waals surface area contributed by atoms with E-state index < -0.39 is 0 Å². The predicted molar refractivity (Wildman–Crippen MR) is 143 cm³/mol. The zero-order valence-corrected chi connectivity index (χ0v) is 22.0. The molecule has 0 N–H and O–H groups in total. The second kappa shape index (κ2) is 11.3. The molecule has 1 aliphatic carbocycles. The van der Waals surface area contributed by atoms with Gasteiger partial charge in [-0.05, 0) is 56.2 Å². The third-order valence-electron chi connectivity index (χ3n) is 6.50. The fraction of sp³-hybridized carbons (Fsp3) is 0.333. The van der Waals surface area contributed by atoms with Crippen molar-refractivity contribution in [2.45, 2.75) is 62.8 Å². The van der Waals surface area contributed by atoms with E-state index in [-0.39, 0.29) is 18.1 Å². The molecule has 186 valence electrons. The minimum atomic E-state index is -0.299. The number of ether oxygens (including phenoxy) is 1. The Balaban J connectivity index is 1.43. The molecule has 1 fully saturated rings. The van der Waals surface area contributed by atoms with Crippen LogP contribution in [-0.4, -0.2) is 25.7 Å². The number of carbonyl (C=O) groups excluding carboxylic acids is 1. The zero-order chi connectivity index (χ0) is 24.9. The predicted octanol–water partition coefficient (Wildman–Crippen LogP) is 6.83. The number of hydrogen-bond donors (Lipinski definition) is 0. The highest BCUT2D eigenvalue weighted by Crippen LogP contribution is 2.41. The van der Waals surface area contributed by atoms with Crippen LogP contribution in [0, 0.1) is 0 Å². The number of hydrogen-bond acceptors (Lipinski definition) is 7. The van der Waals surface area contributed by atoms with Gasteiger partial charge in [-0.25, -0.2) is 9.29 Å². The number of thiazole rings is 1. The van der Waals surface area contributed by atoms with Crippen LogP contribution in [0.3, 0.4) is 0 Å². The highest BCUT2D eigenvalue weighted by molar-refractivity contribution is 8.01. The molecular weight excluding hydrogens is 490 g/mol. The summed E-state index contributed by atoms with van der Waals surface area (Å²) in [6.45, 7) is 3.54. The molecule has 1 saturated carbocycles. The molecule has 0 bridgehead atoms. The maximum absolute atomic E-state index is 12.5. The van der Waals surface area contributed by atoms with E-state index in [4.69, 9.17) is 4.74 Å². The van der Waals surface area contributed by atoms with Crippen LogP contribution in [0.25, 0.3) is 0 Å². The Hall–Kier alpha value is -3.17. The molecule has 2 aromatic carbocycles. The monoisotopic (exact) mass is 519 g/mol. The molecule has 36 heavy (non-hydrogen) atoms. The van der Waals surface area contributed by atoms with Crippen LogP contribution < -0.4 is 9.04 Å². The smallest absolute Gasteiger partial charge is 0.236 e. The first-order valence-corrected chi connectivity index (χ1v) is 13.8. The van der Waals surface area contributed by atoms with Crippen LogP contribution in [0.5, 0.6) is 5.75 Å². The van der Waals surface area contributed by atoms with Crippen molar-refractivity contribution in [2.75, 3.05) is 4.31 Å². The maximum atomic E-state index is 12.5. The zero-order valence-electron chi connectivity index (χ0n) is 20.4. The average Bonchev–Trinajstić information content (AvgIpc) is 3.59. The van der Waals surface area contributed by atoms with Crippen LogP contribution in [0.4, 0.5) is 5.13 Å². The third kappa shape index (κ3) is 5.47. The lowest BCUT2D eigenvalue weighted by Gasteiger charge is -2.32. The third-order valence-corrected chi connectivity index (χ3v) is 8.42. The highest BCUT2D eigenvalue weighted by atomic mass is 32.2. The number of benzene rings is 2. The lowest BCUT2D eigenvalue weighted by atomic mass is 9.81. The Bertz CT molecular complexity index is 1260. The second-order valence-corrected chi connectivity index (χ2v) is 10.7. The van der Waals surface area contributed by atoms with E-state index in [9.17, 15) is 4.79 Å². The molecule has 2 aromatic heterocycles. The molecule has 0 aliphatic heterocycles. The summed E-state index contributed by atoms with van der Waals surface area (Å²) in [6.07, 6.45) is 5.60. The van der Waals surface area contributed by atoms with Crippen molar-refractivity contribution in [3.63, 3.8) is 0 Å². The normalized spacial score (nSPS) is 18.5. The summed E-state index contributed by atoms with van der Waals surface area (Å²) in [7, 11) is 0. The number of nitrogens with zero attached hydrogens (tertiary/aromatic N) is 5. The first-order chi connectivity index (χ1) is 17.6. The largest absolute Gasteiger partial charge is 0.483 e. The van der Waals surface area contributed by atoms with E-state index in [0.717, 1.165) is 37.3 Å². The van der Waals surface area contributed by atoms with Gasteiger partial charge in [0.15, 0.2) is 11.9 Å². The quantitative estimate of drug-likeness (QED) is 0.238. The number of carbonyl (C=O) groups is 1. The standard InChI is InChI=1S/C27H29N5O2S2/c1-19(34-24-11-7-4-8-12-24)25-29-30-27(36-32(20(2)33)26-28-17-18-35-26)31(25)23-15-13-22(14-16-23)21-9-5-3-6-10-21/h3-12,17-19,22-23H,13-16H2,1-2H3. The number of aromatic nitrogens is 4. The summed E-state index contributed by atoms with van der Waals surface area (Å²) >= 11 is 2.71. The maximum Gasteiger partial charge on any atom is 0.236 e. The van der Waals surface area contributed by atoms with Gasteiger partial charge in [0.1, 0.15) is 5.75 Å². The molecule has 0 saturated heterocycles. The van der Waals surface area contributed by atoms with E-state index in [1.54, 1.807) is 17.4 Å². The Morgan fingerprint density at radius 2 is 1.75 bits per heavy atom. The fourth-order valence-electron chi connectivity index (χ4n) is 4.76. The van der Waals surface area contributed by atoms with Crippen molar-refractivity contribution < 1.29 is 9.53 Å². The summed E-state index contributed by atoms with van der Waals surface area (Å²) in [5, 5.41) is 12.3. The first-order valence-electron chi connectivity index (χ1n) is 12.2. The molecule has 1 amide bonds.